The molecule has 0 aliphatic carbocycles. The molecule has 0 bridgehead atoms. The van der Waals surface area contributed by atoms with E-state index in [0.717, 1.165) is 5.56 Å². The summed E-state index contributed by atoms with van der Waals surface area (Å²) in [6, 6.07) is 12.5. The molecule has 2 atom stereocenters. The number of piperidine rings is 1. The topological polar surface area (TPSA) is 106 Å². The van der Waals surface area contributed by atoms with Crippen LogP contribution in [0.5, 0.6) is 5.75 Å². The van der Waals surface area contributed by atoms with E-state index in [-0.39, 0.29) is 23.0 Å². The van der Waals surface area contributed by atoms with Crippen molar-refractivity contribution in [2.75, 3.05) is 6.54 Å². The number of carbonyl (C=O) groups excluding carboxylic acids is 1. The molecule has 4 rings (SSSR count). The average Bonchev–Trinajstić information content (AvgIpc) is 3.34. The summed E-state index contributed by atoms with van der Waals surface area (Å²) in [5.74, 6) is -1.46. The van der Waals surface area contributed by atoms with Crippen LogP contribution in [0.2, 0.25) is 0 Å². The molecule has 1 aromatic heterocycles. The largest absolute Gasteiger partial charge is 0.507 e. The van der Waals surface area contributed by atoms with Crippen LogP contribution in [-0.4, -0.2) is 60.7 Å². The molecule has 1 saturated heterocycles. The van der Waals surface area contributed by atoms with Gasteiger partial charge in [-0.2, -0.15) is 17.9 Å². The average molecular weight is 517 g/mol. The molecule has 1 amide bonds. The molecule has 0 radical (unpaired) electrons. The van der Waals surface area contributed by atoms with Gasteiger partial charge in [-0.05, 0) is 67.8 Å². The highest BCUT2D eigenvalue weighted by molar-refractivity contribution is 5.84. The van der Waals surface area contributed by atoms with Crippen LogP contribution in [0.15, 0.2) is 53.5 Å². The van der Waals surface area contributed by atoms with E-state index in [4.69, 9.17) is 4.74 Å². The maximum absolute atomic E-state index is 13.3. The van der Waals surface area contributed by atoms with Crippen LogP contribution >= 0.6 is 0 Å². The summed E-state index contributed by atoms with van der Waals surface area (Å²) >= 11 is 0. The number of hydrogen-bond donors (Lipinski definition) is 1. The van der Waals surface area contributed by atoms with Crippen LogP contribution in [0, 0.1) is 0 Å². The van der Waals surface area contributed by atoms with Crippen molar-refractivity contribution < 1.29 is 27.8 Å². The number of alkyl halides is 3. The second kappa shape index (κ2) is 10.2. The quantitative estimate of drug-likeness (QED) is 0.492. The summed E-state index contributed by atoms with van der Waals surface area (Å²) in [5.41, 5.74) is 0.390. The predicted octanol–water partition coefficient (Wildman–Crippen LogP) is 4.95. The number of halogens is 3. The number of ether oxygens (including phenoxy) is 1. The first-order valence-electron chi connectivity index (χ1n) is 11.7. The van der Waals surface area contributed by atoms with Crippen LogP contribution in [-0.2, 0) is 10.9 Å². The second-order valence-corrected chi connectivity index (χ2v) is 9.67. The van der Waals surface area contributed by atoms with Crippen LogP contribution in [0.25, 0.3) is 5.69 Å². The molecule has 3 aromatic rings. The number of aromatic hydroxyl groups is 1. The van der Waals surface area contributed by atoms with E-state index in [0.29, 0.717) is 24.1 Å². The monoisotopic (exact) mass is 516 g/mol. The van der Waals surface area contributed by atoms with Crippen LogP contribution in [0.3, 0.4) is 0 Å². The Kier molecular flexibility index (Phi) is 7.19. The van der Waals surface area contributed by atoms with Gasteiger partial charge >= 0.3 is 12.3 Å². The molecule has 12 heteroatoms. The molecule has 1 aliphatic heterocycles. The third-order valence-electron chi connectivity index (χ3n) is 5.75. The van der Waals surface area contributed by atoms with Crippen molar-refractivity contribution in [3.63, 3.8) is 0 Å². The molecular weight excluding hydrogens is 489 g/mol. The van der Waals surface area contributed by atoms with Gasteiger partial charge in [-0.1, -0.05) is 30.3 Å². The Labute approximate surface area is 211 Å². The molecule has 196 valence electrons. The molecule has 2 aromatic carbocycles. The van der Waals surface area contributed by atoms with Crippen molar-refractivity contribution in [3.8, 4) is 11.4 Å². The zero-order valence-corrected chi connectivity index (χ0v) is 20.6. The SMILES string of the molecule is CC(C)(C)OC(=O)N1CCC[C@H](N=Cc2cc(-n3nnnc3C(F)(F)F)ccc2O)[C@@H]1c1ccccc1. The predicted molar refractivity (Wildman–Crippen MR) is 129 cm³/mol. The van der Waals surface area contributed by atoms with Crippen molar-refractivity contribution in [1.29, 1.82) is 0 Å². The molecule has 1 N–H and O–H groups in total. The van der Waals surface area contributed by atoms with Crippen molar-refractivity contribution in [1.82, 2.24) is 25.1 Å². The van der Waals surface area contributed by atoms with E-state index in [2.05, 4.69) is 20.5 Å². The van der Waals surface area contributed by atoms with Gasteiger partial charge < -0.3 is 9.84 Å². The summed E-state index contributed by atoms with van der Waals surface area (Å²) < 4.78 is 46.0. The Morgan fingerprint density at radius 1 is 1.16 bits per heavy atom. The van der Waals surface area contributed by atoms with E-state index in [1.165, 1.54) is 24.4 Å². The van der Waals surface area contributed by atoms with Crippen molar-refractivity contribution in [3.05, 3.63) is 65.5 Å². The van der Waals surface area contributed by atoms with Crippen LogP contribution in [0.1, 0.15) is 56.6 Å². The first kappa shape index (κ1) is 26.1. The minimum atomic E-state index is -4.76. The molecule has 0 saturated carbocycles. The highest BCUT2D eigenvalue weighted by Gasteiger charge is 2.39. The standard InChI is InChI=1S/C25H27F3N6O3/c1-24(2,3)37-23(36)33-13-7-10-19(21(33)16-8-5-4-6-9-16)29-15-17-14-18(11-12-20(17)35)34-22(25(26,27)28)30-31-32-34/h4-6,8-9,11-12,14-15,19,21,35H,7,10,13H2,1-3H3/t19-,21-/m0/s1. The maximum atomic E-state index is 13.3. The van der Waals surface area contributed by atoms with Crippen molar-refractivity contribution >= 4 is 12.3 Å². The Balaban J connectivity index is 1.67. The third-order valence-corrected chi connectivity index (χ3v) is 5.75. The van der Waals surface area contributed by atoms with Crippen molar-refractivity contribution in [2.24, 2.45) is 4.99 Å². The van der Waals surface area contributed by atoms with Gasteiger partial charge in [0.2, 0.25) is 0 Å². The fourth-order valence-electron chi connectivity index (χ4n) is 4.20. The van der Waals surface area contributed by atoms with Gasteiger partial charge in [0.05, 0.1) is 17.8 Å². The number of benzene rings is 2. The first-order chi connectivity index (χ1) is 17.4. The van der Waals surface area contributed by atoms with Gasteiger partial charge in [-0.15, -0.1) is 5.10 Å². The zero-order chi connectivity index (χ0) is 26.8. The number of phenolic OH excluding ortho intramolecular Hbond substituents is 1. The van der Waals surface area contributed by atoms with Gasteiger partial charge in [-0.25, -0.2) is 4.79 Å². The van der Waals surface area contributed by atoms with E-state index in [1.54, 1.807) is 25.7 Å². The number of tetrazole rings is 1. The zero-order valence-electron chi connectivity index (χ0n) is 20.6. The summed E-state index contributed by atoms with van der Waals surface area (Å²) in [6.07, 6.45) is -2.48. The molecule has 0 unspecified atom stereocenters. The number of phenols is 1. The third kappa shape index (κ3) is 6.07. The fraction of sp³-hybridized carbons (Fsp3) is 0.400. The lowest BCUT2D eigenvalue weighted by Crippen LogP contribution is -2.46. The second-order valence-electron chi connectivity index (χ2n) is 9.67. The van der Waals surface area contributed by atoms with Crippen molar-refractivity contribution in [2.45, 2.75) is 57.5 Å². The number of aliphatic imine (C=N–C) groups is 1. The van der Waals surface area contributed by atoms with Crippen LogP contribution < -0.4 is 0 Å². The number of carbonyl (C=O) groups is 1. The number of hydrogen-bond acceptors (Lipinski definition) is 7. The number of amides is 1. The number of aromatic nitrogens is 4. The van der Waals surface area contributed by atoms with Gasteiger partial charge in [-0.3, -0.25) is 9.89 Å². The molecule has 1 fully saturated rings. The lowest BCUT2D eigenvalue weighted by Gasteiger charge is -2.40. The molecule has 37 heavy (non-hydrogen) atoms. The molecule has 9 nitrogen and oxygen atoms in total. The van der Waals surface area contributed by atoms with E-state index in [9.17, 15) is 23.1 Å². The molecular formula is C25H27F3N6O3. The normalized spacial score (nSPS) is 18.8. The lowest BCUT2D eigenvalue weighted by atomic mass is 9.91. The van der Waals surface area contributed by atoms with Gasteiger partial charge in [0, 0.05) is 18.3 Å². The van der Waals surface area contributed by atoms with E-state index >= 15 is 0 Å². The Morgan fingerprint density at radius 2 is 1.89 bits per heavy atom. The van der Waals surface area contributed by atoms with Crippen LogP contribution in [0.4, 0.5) is 18.0 Å². The maximum Gasteiger partial charge on any atom is 0.453 e. The first-order valence-corrected chi connectivity index (χ1v) is 11.7. The van der Waals surface area contributed by atoms with Gasteiger partial charge in [0.25, 0.3) is 5.82 Å². The van der Waals surface area contributed by atoms with E-state index < -0.39 is 29.7 Å². The summed E-state index contributed by atoms with van der Waals surface area (Å²) in [7, 11) is 0. The van der Waals surface area contributed by atoms with Gasteiger partial charge in [0.1, 0.15) is 11.4 Å². The Morgan fingerprint density at radius 3 is 2.57 bits per heavy atom. The molecule has 1 aliphatic rings. The number of rotatable bonds is 4. The minimum Gasteiger partial charge on any atom is -0.507 e. The number of nitrogens with zero attached hydrogens (tertiary/aromatic N) is 6. The smallest absolute Gasteiger partial charge is 0.453 e. The summed E-state index contributed by atoms with van der Waals surface area (Å²) in [5, 5.41) is 20.0. The Bertz CT molecular complexity index is 1270. The Hall–Kier alpha value is -3.96. The number of likely N-dealkylation sites (tertiary alicyclic amines) is 1. The summed E-state index contributed by atoms with van der Waals surface area (Å²) in [4.78, 5) is 19.4. The summed E-state index contributed by atoms with van der Waals surface area (Å²) in [6.45, 7) is 5.88. The highest BCUT2D eigenvalue weighted by Crippen LogP contribution is 2.35. The molecule has 2 heterocycles. The highest BCUT2D eigenvalue weighted by atomic mass is 19.4. The molecule has 0 spiro atoms. The minimum absolute atomic E-state index is 0.00945. The fourth-order valence-corrected chi connectivity index (χ4v) is 4.20. The van der Waals surface area contributed by atoms with Gasteiger partial charge in [0.15, 0.2) is 0 Å². The van der Waals surface area contributed by atoms with E-state index in [1.807, 2.05) is 30.3 Å². The lowest BCUT2D eigenvalue weighted by molar-refractivity contribution is -0.146.